The summed E-state index contributed by atoms with van der Waals surface area (Å²) in [6.45, 7) is 6.50. The Labute approximate surface area is 111 Å². The van der Waals surface area contributed by atoms with Crippen molar-refractivity contribution < 1.29 is 8.78 Å². The molecule has 1 aromatic rings. The molecular weight excluding hydrogens is 250 g/mol. The fourth-order valence-corrected chi connectivity index (χ4v) is 2.99. The summed E-state index contributed by atoms with van der Waals surface area (Å²) in [5.41, 5.74) is -0.163. The van der Waals surface area contributed by atoms with Crippen LogP contribution in [0.1, 0.15) is 26.0 Å². The van der Waals surface area contributed by atoms with Crippen LogP contribution in [-0.2, 0) is 5.92 Å². The van der Waals surface area contributed by atoms with E-state index in [2.05, 4.69) is 28.7 Å². The molecule has 3 rings (SSSR count). The second-order valence-electron chi connectivity index (χ2n) is 5.57. The quantitative estimate of drug-likeness (QED) is 0.778. The van der Waals surface area contributed by atoms with Crippen LogP contribution in [-0.4, -0.2) is 46.6 Å². The van der Waals surface area contributed by atoms with Crippen molar-refractivity contribution in [3.8, 4) is 0 Å². The molecular formula is C13H18F2N4. The Morgan fingerprint density at radius 2 is 2.00 bits per heavy atom. The minimum atomic E-state index is -2.87. The highest BCUT2D eigenvalue weighted by atomic mass is 19.3. The van der Waals surface area contributed by atoms with E-state index in [1.807, 2.05) is 4.90 Å². The maximum atomic E-state index is 14.1. The first kappa shape index (κ1) is 12.7. The van der Waals surface area contributed by atoms with Crippen LogP contribution < -0.4 is 4.90 Å². The number of anilines is 1. The minimum Gasteiger partial charge on any atom is -0.349 e. The molecule has 1 fully saturated rings. The van der Waals surface area contributed by atoms with Gasteiger partial charge in [0.05, 0.1) is 0 Å². The van der Waals surface area contributed by atoms with Crippen molar-refractivity contribution >= 4 is 5.82 Å². The van der Waals surface area contributed by atoms with Crippen molar-refractivity contribution in [3.63, 3.8) is 0 Å². The number of fused-ring (bicyclic) bond motifs is 3. The van der Waals surface area contributed by atoms with E-state index in [1.54, 1.807) is 0 Å². The van der Waals surface area contributed by atoms with E-state index in [1.165, 1.54) is 12.4 Å². The van der Waals surface area contributed by atoms with Crippen LogP contribution in [0.2, 0.25) is 0 Å². The number of nitrogens with zero attached hydrogens (tertiary/aromatic N) is 4. The Kier molecular flexibility index (Phi) is 2.92. The van der Waals surface area contributed by atoms with E-state index in [4.69, 9.17) is 0 Å². The molecule has 1 atom stereocenters. The standard InChI is InChI=1S/C13H18F2N4/c1-9(2)18-5-6-19-10(8-18)7-13(14,15)11-12(19)17-4-3-16-11/h3-4,9-10H,5-8H2,1-2H3/t10-/m0/s1. The molecule has 0 unspecified atom stereocenters. The first-order chi connectivity index (χ1) is 8.99. The van der Waals surface area contributed by atoms with Crippen LogP contribution in [0.25, 0.3) is 0 Å². The molecule has 6 heteroatoms. The average Bonchev–Trinajstić information content (AvgIpc) is 2.37. The number of hydrogen-bond acceptors (Lipinski definition) is 4. The lowest BCUT2D eigenvalue weighted by Gasteiger charge is -2.47. The van der Waals surface area contributed by atoms with E-state index < -0.39 is 5.92 Å². The second kappa shape index (κ2) is 4.37. The molecule has 0 N–H and O–H groups in total. The Hall–Kier alpha value is -1.30. The summed E-state index contributed by atoms with van der Waals surface area (Å²) in [5.74, 6) is -2.50. The average molecular weight is 268 g/mol. The molecule has 0 spiro atoms. The predicted octanol–water partition coefficient (Wildman–Crippen LogP) is 1.87. The number of piperazine rings is 1. The second-order valence-corrected chi connectivity index (χ2v) is 5.57. The highest BCUT2D eigenvalue weighted by Gasteiger charge is 2.48. The van der Waals surface area contributed by atoms with Crippen LogP contribution >= 0.6 is 0 Å². The molecule has 4 nitrogen and oxygen atoms in total. The monoisotopic (exact) mass is 268 g/mol. The third-order valence-corrected chi connectivity index (χ3v) is 4.03. The van der Waals surface area contributed by atoms with Gasteiger partial charge in [-0.05, 0) is 13.8 Å². The van der Waals surface area contributed by atoms with E-state index in [9.17, 15) is 8.78 Å². The SMILES string of the molecule is CC(C)N1CCN2c3nccnc3C(F)(F)C[C@H]2C1. The van der Waals surface area contributed by atoms with Crippen molar-refractivity contribution in [1.82, 2.24) is 14.9 Å². The summed E-state index contributed by atoms with van der Waals surface area (Å²) in [4.78, 5) is 12.2. The maximum absolute atomic E-state index is 14.1. The number of halogens is 2. The van der Waals surface area contributed by atoms with E-state index in [-0.39, 0.29) is 18.2 Å². The lowest BCUT2D eigenvalue weighted by Crippen LogP contribution is -2.58. The third-order valence-electron chi connectivity index (χ3n) is 4.03. The number of hydrogen-bond donors (Lipinski definition) is 0. The van der Waals surface area contributed by atoms with Crippen molar-refractivity contribution in [1.29, 1.82) is 0 Å². The van der Waals surface area contributed by atoms with Gasteiger partial charge in [0.2, 0.25) is 0 Å². The van der Waals surface area contributed by atoms with Crippen molar-refractivity contribution in [3.05, 3.63) is 18.1 Å². The van der Waals surface area contributed by atoms with E-state index >= 15 is 0 Å². The van der Waals surface area contributed by atoms with Gasteiger partial charge < -0.3 is 4.90 Å². The number of alkyl halides is 2. The first-order valence-electron chi connectivity index (χ1n) is 6.69. The normalized spacial score (nSPS) is 26.2. The molecule has 1 saturated heterocycles. The van der Waals surface area contributed by atoms with Gasteiger partial charge in [-0.1, -0.05) is 0 Å². The van der Waals surface area contributed by atoms with Gasteiger partial charge in [-0.2, -0.15) is 8.78 Å². The summed E-state index contributed by atoms with van der Waals surface area (Å²) in [5, 5.41) is 0. The van der Waals surface area contributed by atoms with Gasteiger partial charge in [-0.3, -0.25) is 4.90 Å². The summed E-state index contributed by atoms with van der Waals surface area (Å²) in [6.07, 6.45) is 2.67. The van der Waals surface area contributed by atoms with Crippen LogP contribution in [0.3, 0.4) is 0 Å². The topological polar surface area (TPSA) is 32.3 Å². The molecule has 104 valence electrons. The molecule has 0 bridgehead atoms. The summed E-state index contributed by atoms with van der Waals surface area (Å²) in [7, 11) is 0. The molecule has 2 aliphatic rings. The molecule has 0 saturated carbocycles. The molecule has 19 heavy (non-hydrogen) atoms. The van der Waals surface area contributed by atoms with Gasteiger partial charge in [0.1, 0.15) is 0 Å². The Bertz CT molecular complexity index is 477. The smallest absolute Gasteiger partial charge is 0.295 e. The minimum absolute atomic E-state index is 0.163. The van der Waals surface area contributed by atoms with Gasteiger partial charge >= 0.3 is 0 Å². The fraction of sp³-hybridized carbons (Fsp3) is 0.692. The predicted molar refractivity (Wildman–Crippen MR) is 68.4 cm³/mol. The molecule has 0 aliphatic carbocycles. The van der Waals surface area contributed by atoms with Gasteiger partial charge in [-0.15, -0.1) is 0 Å². The van der Waals surface area contributed by atoms with Gasteiger partial charge in [0.15, 0.2) is 11.5 Å². The number of aromatic nitrogens is 2. The van der Waals surface area contributed by atoms with E-state index in [0.29, 0.717) is 18.4 Å². The zero-order valence-electron chi connectivity index (χ0n) is 11.2. The molecule has 0 amide bonds. The lowest BCUT2D eigenvalue weighted by molar-refractivity contribution is -0.0379. The van der Waals surface area contributed by atoms with Crippen LogP contribution in [0, 0.1) is 0 Å². The van der Waals surface area contributed by atoms with Crippen molar-refractivity contribution in [2.75, 3.05) is 24.5 Å². The maximum Gasteiger partial charge on any atom is 0.295 e. The Morgan fingerprint density at radius 1 is 1.26 bits per heavy atom. The Morgan fingerprint density at radius 3 is 2.74 bits per heavy atom. The molecule has 0 radical (unpaired) electrons. The highest BCUT2D eigenvalue weighted by molar-refractivity contribution is 5.50. The zero-order chi connectivity index (χ0) is 13.6. The highest BCUT2D eigenvalue weighted by Crippen LogP contribution is 2.43. The van der Waals surface area contributed by atoms with Crippen molar-refractivity contribution in [2.45, 2.75) is 38.3 Å². The molecule has 2 aliphatic heterocycles. The summed E-state index contributed by atoms with van der Waals surface area (Å²) in [6, 6.07) is 0.217. The first-order valence-corrected chi connectivity index (χ1v) is 6.69. The zero-order valence-corrected chi connectivity index (χ0v) is 11.2. The van der Waals surface area contributed by atoms with Gasteiger partial charge in [-0.25, -0.2) is 9.97 Å². The van der Waals surface area contributed by atoms with Gasteiger partial charge in [0, 0.05) is 50.5 Å². The molecule has 1 aromatic heterocycles. The van der Waals surface area contributed by atoms with Crippen LogP contribution in [0.15, 0.2) is 12.4 Å². The van der Waals surface area contributed by atoms with Crippen molar-refractivity contribution in [2.24, 2.45) is 0 Å². The lowest BCUT2D eigenvalue weighted by atomic mass is 9.95. The van der Waals surface area contributed by atoms with E-state index in [0.717, 1.165) is 13.1 Å². The third kappa shape index (κ3) is 2.08. The summed E-state index contributed by atoms with van der Waals surface area (Å²) < 4.78 is 28.3. The fourth-order valence-electron chi connectivity index (χ4n) is 2.99. The largest absolute Gasteiger partial charge is 0.349 e. The molecule has 3 heterocycles. The van der Waals surface area contributed by atoms with Gasteiger partial charge in [0.25, 0.3) is 5.92 Å². The number of rotatable bonds is 1. The van der Waals surface area contributed by atoms with Crippen LogP contribution in [0.4, 0.5) is 14.6 Å². The summed E-state index contributed by atoms with van der Waals surface area (Å²) >= 11 is 0. The Balaban J connectivity index is 1.94. The molecule has 0 aromatic carbocycles. The van der Waals surface area contributed by atoms with Crippen LogP contribution in [0.5, 0.6) is 0 Å².